The maximum absolute atomic E-state index is 12.5. The second kappa shape index (κ2) is 7.69. The zero-order chi connectivity index (χ0) is 17.7. The molecule has 1 heterocycles. The number of hydrogen-bond donors (Lipinski definition) is 2. The number of rotatable bonds is 6. The molecule has 1 aliphatic heterocycles. The van der Waals surface area contributed by atoms with E-state index >= 15 is 0 Å². The fourth-order valence-corrected chi connectivity index (χ4v) is 2.63. The molecule has 2 N–H and O–H groups in total. The number of carbonyl (C=O) groups excluding carboxylic acids is 2. The minimum absolute atomic E-state index is 0.0596. The summed E-state index contributed by atoms with van der Waals surface area (Å²) in [5.41, 5.74) is 0.781. The molecule has 2 amide bonds. The largest absolute Gasteiger partial charge is 0.372 e. The SMILES string of the molecule is CCC(C)NC(=O)C(C)(C)C(=O)Nc1ccc(N2CCCC2)cc1. The van der Waals surface area contributed by atoms with Gasteiger partial charge < -0.3 is 15.5 Å². The average molecular weight is 331 g/mol. The molecule has 1 aromatic carbocycles. The first kappa shape index (κ1) is 18.3. The van der Waals surface area contributed by atoms with Gasteiger partial charge in [0.2, 0.25) is 11.8 Å². The Bertz CT molecular complexity index is 575. The third kappa shape index (κ3) is 4.28. The van der Waals surface area contributed by atoms with Crippen LogP contribution in [0.3, 0.4) is 0 Å². The van der Waals surface area contributed by atoms with E-state index in [1.54, 1.807) is 13.8 Å². The molecule has 0 aliphatic carbocycles. The van der Waals surface area contributed by atoms with Crippen LogP contribution in [0.25, 0.3) is 0 Å². The molecular weight excluding hydrogens is 302 g/mol. The van der Waals surface area contributed by atoms with Crippen LogP contribution in [0.5, 0.6) is 0 Å². The lowest BCUT2D eigenvalue weighted by Gasteiger charge is -2.25. The fraction of sp³-hybridized carbons (Fsp3) is 0.579. The highest BCUT2D eigenvalue weighted by molar-refractivity contribution is 6.09. The molecule has 2 rings (SSSR count). The molecule has 0 spiro atoms. The van der Waals surface area contributed by atoms with Crippen molar-refractivity contribution in [1.29, 1.82) is 0 Å². The van der Waals surface area contributed by atoms with Crippen molar-refractivity contribution in [3.05, 3.63) is 24.3 Å². The summed E-state index contributed by atoms with van der Waals surface area (Å²) >= 11 is 0. The second-order valence-corrected chi connectivity index (χ2v) is 7.10. The quantitative estimate of drug-likeness (QED) is 0.787. The van der Waals surface area contributed by atoms with Crippen LogP contribution < -0.4 is 15.5 Å². The molecule has 1 atom stereocenters. The monoisotopic (exact) mass is 331 g/mol. The highest BCUT2D eigenvalue weighted by atomic mass is 16.2. The van der Waals surface area contributed by atoms with Gasteiger partial charge in [0.15, 0.2) is 0 Å². The number of hydrogen-bond acceptors (Lipinski definition) is 3. The second-order valence-electron chi connectivity index (χ2n) is 7.10. The molecule has 1 saturated heterocycles. The van der Waals surface area contributed by atoms with Crippen LogP contribution in [-0.4, -0.2) is 30.9 Å². The Labute approximate surface area is 144 Å². The number of nitrogens with one attached hydrogen (secondary N) is 2. The molecule has 1 fully saturated rings. The van der Waals surface area contributed by atoms with Crippen LogP contribution in [0.15, 0.2) is 24.3 Å². The molecule has 0 radical (unpaired) electrons. The molecule has 1 aliphatic rings. The number of nitrogens with zero attached hydrogens (tertiary/aromatic N) is 1. The van der Waals surface area contributed by atoms with Crippen LogP contribution in [0.1, 0.15) is 47.0 Å². The third-order valence-electron chi connectivity index (χ3n) is 4.72. The molecule has 5 nitrogen and oxygen atoms in total. The van der Waals surface area contributed by atoms with Crippen molar-refractivity contribution < 1.29 is 9.59 Å². The van der Waals surface area contributed by atoms with E-state index in [0.29, 0.717) is 5.69 Å². The van der Waals surface area contributed by atoms with Crippen LogP contribution in [0.4, 0.5) is 11.4 Å². The van der Waals surface area contributed by atoms with Gasteiger partial charge in [0, 0.05) is 30.5 Å². The normalized spacial score (nSPS) is 15.9. The Morgan fingerprint density at radius 1 is 1.12 bits per heavy atom. The minimum atomic E-state index is -1.11. The summed E-state index contributed by atoms with van der Waals surface area (Å²) in [7, 11) is 0. The van der Waals surface area contributed by atoms with Crippen LogP contribution in [0, 0.1) is 5.41 Å². The topological polar surface area (TPSA) is 61.4 Å². The van der Waals surface area contributed by atoms with E-state index in [2.05, 4.69) is 15.5 Å². The summed E-state index contributed by atoms with van der Waals surface area (Å²) in [5, 5.41) is 5.73. The maximum atomic E-state index is 12.5. The van der Waals surface area contributed by atoms with Crippen molar-refractivity contribution in [1.82, 2.24) is 5.32 Å². The van der Waals surface area contributed by atoms with E-state index in [-0.39, 0.29) is 17.9 Å². The predicted molar refractivity (Wildman–Crippen MR) is 98.2 cm³/mol. The van der Waals surface area contributed by atoms with Crippen molar-refractivity contribution in [3.8, 4) is 0 Å². The average Bonchev–Trinajstić information content (AvgIpc) is 3.09. The van der Waals surface area contributed by atoms with E-state index < -0.39 is 5.41 Å². The predicted octanol–water partition coefficient (Wildman–Crippen LogP) is 3.17. The summed E-state index contributed by atoms with van der Waals surface area (Å²) in [5.74, 6) is -0.541. The van der Waals surface area contributed by atoms with Crippen molar-refractivity contribution in [2.45, 2.75) is 53.0 Å². The fourth-order valence-electron chi connectivity index (χ4n) is 2.63. The molecule has 1 aromatic rings. The van der Waals surface area contributed by atoms with E-state index in [1.807, 2.05) is 38.1 Å². The summed E-state index contributed by atoms with van der Waals surface area (Å²) < 4.78 is 0. The maximum Gasteiger partial charge on any atom is 0.239 e. The molecule has 5 heteroatoms. The van der Waals surface area contributed by atoms with Gasteiger partial charge in [-0.3, -0.25) is 9.59 Å². The Balaban J connectivity index is 1.98. The first-order valence-electron chi connectivity index (χ1n) is 8.82. The molecular formula is C19H29N3O2. The van der Waals surface area contributed by atoms with Gasteiger partial charge >= 0.3 is 0 Å². The standard InChI is InChI=1S/C19H29N3O2/c1-5-14(2)20-17(23)19(3,4)18(24)21-15-8-10-16(11-9-15)22-12-6-7-13-22/h8-11,14H,5-7,12-13H2,1-4H3,(H,20,23)(H,21,24). The highest BCUT2D eigenvalue weighted by Gasteiger charge is 2.36. The van der Waals surface area contributed by atoms with Gasteiger partial charge in [0.05, 0.1) is 0 Å². The van der Waals surface area contributed by atoms with Gasteiger partial charge in [0.25, 0.3) is 0 Å². The first-order chi connectivity index (χ1) is 11.3. The molecule has 132 valence electrons. The zero-order valence-corrected chi connectivity index (χ0v) is 15.2. The lowest BCUT2D eigenvalue weighted by atomic mass is 9.90. The number of carbonyl (C=O) groups is 2. The van der Waals surface area contributed by atoms with Crippen molar-refractivity contribution >= 4 is 23.2 Å². The van der Waals surface area contributed by atoms with Gasteiger partial charge in [0.1, 0.15) is 5.41 Å². The van der Waals surface area contributed by atoms with Crippen molar-refractivity contribution in [3.63, 3.8) is 0 Å². The molecule has 0 bridgehead atoms. The van der Waals surface area contributed by atoms with Gasteiger partial charge in [-0.25, -0.2) is 0 Å². The highest BCUT2D eigenvalue weighted by Crippen LogP contribution is 2.24. The van der Waals surface area contributed by atoms with Gasteiger partial charge in [-0.15, -0.1) is 0 Å². The van der Waals surface area contributed by atoms with E-state index in [0.717, 1.165) is 19.5 Å². The Hall–Kier alpha value is -2.04. The minimum Gasteiger partial charge on any atom is -0.372 e. The lowest BCUT2D eigenvalue weighted by Crippen LogP contribution is -2.47. The third-order valence-corrected chi connectivity index (χ3v) is 4.72. The summed E-state index contributed by atoms with van der Waals surface area (Å²) in [6, 6.07) is 7.90. The number of benzene rings is 1. The van der Waals surface area contributed by atoms with Crippen LogP contribution in [0.2, 0.25) is 0 Å². The van der Waals surface area contributed by atoms with Crippen LogP contribution in [-0.2, 0) is 9.59 Å². The Morgan fingerprint density at radius 3 is 2.25 bits per heavy atom. The van der Waals surface area contributed by atoms with E-state index in [4.69, 9.17) is 0 Å². The molecule has 0 aromatic heterocycles. The van der Waals surface area contributed by atoms with Crippen molar-refractivity contribution in [2.24, 2.45) is 5.41 Å². The zero-order valence-electron chi connectivity index (χ0n) is 15.2. The summed E-state index contributed by atoms with van der Waals surface area (Å²) in [6.07, 6.45) is 3.30. The van der Waals surface area contributed by atoms with E-state index in [1.165, 1.54) is 18.5 Å². The molecule has 24 heavy (non-hydrogen) atoms. The molecule has 0 saturated carbocycles. The smallest absolute Gasteiger partial charge is 0.239 e. The lowest BCUT2D eigenvalue weighted by molar-refractivity contribution is -0.138. The summed E-state index contributed by atoms with van der Waals surface area (Å²) in [4.78, 5) is 27.2. The van der Waals surface area contributed by atoms with Crippen molar-refractivity contribution in [2.75, 3.05) is 23.3 Å². The first-order valence-corrected chi connectivity index (χ1v) is 8.82. The van der Waals surface area contributed by atoms with Gasteiger partial charge in [-0.05, 0) is 64.3 Å². The Kier molecular flexibility index (Phi) is 5.86. The van der Waals surface area contributed by atoms with Crippen LogP contribution >= 0.6 is 0 Å². The van der Waals surface area contributed by atoms with Gasteiger partial charge in [-0.2, -0.15) is 0 Å². The molecule has 1 unspecified atom stereocenters. The van der Waals surface area contributed by atoms with Gasteiger partial charge in [-0.1, -0.05) is 6.92 Å². The number of amides is 2. The number of anilines is 2. The summed E-state index contributed by atoms with van der Waals surface area (Å²) in [6.45, 7) is 9.42. The van der Waals surface area contributed by atoms with E-state index in [9.17, 15) is 9.59 Å². The Morgan fingerprint density at radius 2 is 1.71 bits per heavy atom.